The molecule has 1 aliphatic carbocycles. The summed E-state index contributed by atoms with van der Waals surface area (Å²) in [6.45, 7) is 4.37. The fraction of sp³-hybridized carbons (Fsp3) is 0.643. The van der Waals surface area contributed by atoms with Gasteiger partial charge in [-0.15, -0.1) is 5.10 Å². The summed E-state index contributed by atoms with van der Waals surface area (Å²) in [5, 5.41) is 30.4. The van der Waals surface area contributed by atoms with E-state index in [2.05, 4.69) is 21.6 Å². The molecule has 0 radical (unpaired) electrons. The standard InChI is InChI=1S/C14H20N4O/c1-9-10(2)17-18-14(12(9)7-15)16-8-11-5-3-4-6-13(11)19/h11,13,19H,3-6,8H2,1-2H3,(H,16,18). The molecule has 2 unspecified atom stereocenters. The number of nitriles is 1. The molecule has 0 spiro atoms. The highest BCUT2D eigenvalue weighted by atomic mass is 16.3. The Kier molecular flexibility index (Phi) is 4.33. The van der Waals surface area contributed by atoms with Crippen molar-refractivity contribution >= 4 is 5.82 Å². The molecule has 0 amide bonds. The van der Waals surface area contributed by atoms with Crippen LogP contribution >= 0.6 is 0 Å². The summed E-state index contributed by atoms with van der Waals surface area (Å²) in [7, 11) is 0. The summed E-state index contributed by atoms with van der Waals surface area (Å²) in [6.07, 6.45) is 3.91. The normalized spacial score (nSPS) is 22.8. The zero-order valence-electron chi connectivity index (χ0n) is 11.5. The topological polar surface area (TPSA) is 81.8 Å². The summed E-state index contributed by atoms with van der Waals surface area (Å²) in [5.41, 5.74) is 2.20. The van der Waals surface area contributed by atoms with Crippen LogP contribution in [0, 0.1) is 31.1 Å². The van der Waals surface area contributed by atoms with Gasteiger partial charge in [-0.3, -0.25) is 0 Å². The van der Waals surface area contributed by atoms with Gasteiger partial charge in [0.05, 0.1) is 11.8 Å². The van der Waals surface area contributed by atoms with E-state index in [1.807, 2.05) is 13.8 Å². The lowest BCUT2D eigenvalue weighted by molar-refractivity contribution is 0.0763. The van der Waals surface area contributed by atoms with Gasteiger partial charge in [0.2, 0.25) is 0 Å². The molecule has 1 saturated carbocycles. The van der Waals surface area contributed by atoms with Crippen molar-refractivity contribution in [1.82, 2.24) is 10.2 Å². The number of aliphatic hydroxyl groups excluding tert-OH is 1. The molecule has 102 valence electrons. The van der Waals surface area contributed by atoms with Crippen LogP contribution in [0.5, 0.6) is 0 Å². The smallest absolute Gasteiger partial charge is 0.166 e. The van der Waals surface area contributed by atoms with Crippen molar-refractivity contribution in [1.29, 1.82) is 5.26 Å². The minimum Gasteiger partial charge on any atom is -0.393 e. The Labute approximate surface area is 113 Å². The van der Waals surface area contributed by atoms with Crippen molar-refractivity contribution < 1.29 is 5.11 Å². The molecular weight excluding hydrogens is 240 g/mol. The number of rotatable bonds is 3. The van der Waals surface area contributed by atoms with Gasteiger partial charge < -0.3 is 10.4 Å². The van der Waals surface area contributed by atoms with Gasteiger partial charge in [0.15, 0.2) is 5.82 Å². The van der Waals surface area contributed by atoms with E-state index in [4.69, 9.17) is 0 Å². The number of hydrogen-bond donors (Lipinski definition) is 2. The highest BCUT2D eigenvalue weighted by Gasteiger charge is 2.23. The van der Waals surface area contributed by atoms with Gasteiger partial charge >= 0.3 is 0 Å². The fourth-order valence-electron chi connectivity index (χ4n) is 2.52. The molecule has 0 saturated heterocycles. The summed E-state index contributed by atoms with van der Waals surface area (Å²) in [4.78, 5) is 0. The monoisotopic (exact) mass is 260 g/mol. The maximum Gasteiger partial charge on any atom is 0.166 e. The van der Waals surface area contributed by atoms with E-state index in [0.717, 1.165) is 36.9 Å². The summed E-state index contributed by atoms with van der Waals surface area (Å²) in [6, 6.07) is 2.18. The van der Waals surface area contributed by atoms with Crippen LogP contribution in [0.25, 0.3) is 0 Å². The van der Waals surface area contributed by atoms with Gasteiger partial charge in [0.1, 0.15) is 11.6 Å². The minimum atomic E-state index is -0.244. The number of nitrogens with zero attached hydrogens (tertiary/aromatic N) is 3. The summed E-state index contributed by atoms with van der Waals surface area (Å²) >= 11 is 0. The van der Waals surface area contributed by atoms with Crippen LogP contribution in [0.1, 0.15) is 42.5 Å². The molecule has 2 rings (SSSR count). The third kappa shape index (κ3) is 3.02. The van der Waals surface area contributed by atoms with E-state index in [1.165, 1.54) is 0 Å². The van der Waals surface area contributed by atoms with E-state index in [9.17, 15) is 10.4 Å². The number of aryl methyl sites for hydroxylation is 1. The molecule has 2 N–H and O–H groups in total. The van der Waals surface area contributed by atoms with Crippen LogP contribution in [-0.4, -0.2) is 28.0 Å². The molecule has 0 aromatic carbocycles. The Morgan fingerprint density at radius 3 is 2.74 bits per heavy atom. The van der Waals surface area contributed by atoms with Gasteiger partial charge in [0, 0.05) is 12.5 Å². The first-order valence-electron chi connectivity index (χ1n) is 6.79. The zero-order chi connectivity index (χ0) is 13.8. The van der Waals surface area contributed by atoms with Crippen molar-refractivity contribution in [2.45, 2.75) is 45.6 Å². The molecule has 5 heteroatoms. The Balaban J connectivity index is 2.07. The van der Waals surface area contributed by atoms with Gasteiger partial charge in [-0.25, -0.2) is 0 Å². The largest absolute Gasteiger partial charge is 0.393 e. The van der Waals surface area contributed by atoms with Gasteiger partial charge in [-0.05, 0) is 32.3 Å². The molecule has 1 fully saturated rings. The number of aromatic nitrogens is 2. The molecule has 5 nitrogen and oxygen atoms in total. The van der Waals surface area contributed by atoms with E-state index >= 15 is 0 Å². The average Bonchev–Trinajstić information content (AvgIpc) is 2.41. The molecule has 1 aromatic rings. The van der Waals surface area contributed by atoms with Crippen LogP contribution in [0.15, 0.2) is 0 Å². The number of aliphatic hydroxyl groups is 1. The first kappa shape index (κ1) is 13.8. The third-order valence-electron chi connectivity index (χ3n) is 3.97. The molecule has 1 aromatic heterocycles. The number of nitrogens with one attached hydrogen (secondary N) is 1. The molecular formula is C14H20N4O. The number of anilines is 1. The number of hydrogen-bond acceptors (Lipinski definition) is 5. The first-order valence-corrected chi connectivity index (χ1v) is 6.79. The van der Waals surface area contributed by atoms with Gasteiger partial charge in [-0.1, -0.05) is 12.8 Å². The van der Waals surface area contributed by atoms with Crippen molar-refractivity contribution in [2.24, 2.45) is 5.92 Å². The zero-order valence-corrected chi connectivity index (χ0v) is 11.5. The quantitative estimate of drug-likeness (QED) is 0.867. The van der Waals surface area contributed by atoms with E-state index in [0.29, 0.717) is 17.9 Å². The van der Waals surface area contributed by atoms with E-state index in [1.54, 1.807) is 0 Å². The van der Waals surface area contributed by atoms with Crippen LogP contribution in [0.2, 0.25) is 0 Å². The maximum atomic E-state index is 9.93. The molecule has 19 heavy (non-hydrogen) atoms. The van der Waals surface area contributed by atoms with Crippen LogP contribution in [-0.2, 0) is 0 Å². The van der Waals surface area contributed by atoms with E-state index in [-0.39, 0.29) is 12.0 Å². The molecule has 0 bridgehead atoms. The SMILES string of the molecule is Cc1nnc(NCC2CCCCC2O)c(C#N)c1C. The summed E-state index contributed by atoms with van der Waals surface area (Å²) < 4.78 is 0. The lowest BCUT2D eigenvalue weighted by atomic mass is 9.86. The van der Waals surface area contributed by atoms with Crippen molar-refractivity contribution in [3.63, 3.8) is 0 Å². The van der Waals surface area contributed by atoms with Crippen LogP contribution < -0.4 is 5.32 Å². The van der Waals surface area contributed by atoms with Gasteiger partial charge in [-0.2, -0.15) is 10.4 Å². The van der Waals surface area contributed by atoms with Crippen LogP contribution in [0.3, 0.4) is 0 Å². The molecule has 0 aliphatic heterocycles. The van der Waals surface area contributed by atoms with E-state index < -0.39 is 0 Å². The lowest BCUT2D eigenvalue weighted by Crippen LogP contribution is -2.30. The maximum absolute atomic E-state index is 9.93. The second kappa shape index (κ2) is 5.98. The van der Waals surface area contributed by atoms with Gasteiger partial charge in [0.25, 0.3) is 0 Å². The Morgan fingerprint density at radius 2 is 2.05 bits per heavy atom. The van der Waals surface area contributed by atoms with Crippen molar-refractivity contribution in [2.75, 3.05) is 11.9 Å². The Bertz CT molecular complexity index is 495. The highest BCUT2D eigenvalue weighted by molar-refractivity contribution is 5.55. The third-order valence-corrected chi connectivity index (χ3v) is 3.97. The minimum absolute atomic E-state index is 0.240. The Hall–Kier alpha value is -1.67. The fourth-order valence-corrected chi connectivity index (χ4v) is 2.52. The summed E-state index contributed by atoms with van der Waals surface area (Å²) in [5.74, 6) is 0.770. The Morgan fingerprint density at radius 1 is 1.32 bits per heavy atom. The average molecular weight is 260 g/mol. The van der Waals surface area contributed by atoms with Crippen molar-refractivity contribution in [3.8, 4) is 6.07 Å². The predicted octanol–water partition coefficient (Wildman–Crippen LogP) is 1.93. The van der Waals surface area contributed by atoms with Crippen molar-refractivity contribution in [3.05, 3.63) is 16.8 Å². The highest BCUT2D eigenvalue weighted by Crippen LogP contribution is 2.25. The first-order chi connectivity index (χ1) is 9.13. The molecule has 1 heterocycles. The molecule has 1 aliphatic rings. The second-order valence-electron chi connectivity index (χ2n) is 5.24. The predicted molar refractivity (Wildman–Crippen MR) is 72.7 cm³/mol. The molecule has 2 atom stereocenters. The lowest BCUT2D eigenvalue weighted by Gasteiger charge is -2.27. The van der Waals surface area contributed by atoms with Crippen LogP contribution in [0.4, 0.5) is 5.82 Å². The second-order valence-corrected chi connectivity index (χ2v) is 5.24.